The fraction of sp³-hybridized carbons (Fsp3) is 0.190. The lowest BCUT2D eigenvalue weighted by molar-refractivity contribution is 0.0526. The van der Waals surface area contributed by atoms with E-state index in [1.165, 1.54) is 15.2 Å². The Hall–Kier alpha value is -3.81. The first-order valence-corrected chi connectivity index (χ1v) is 9.20. The highest BCUT2D eigenvalue weighted by molar-refractivity contribution is 5.94. The molecule has 0 bridgehead atoms. The van der Waals surface area contributed by atoms with Crippen LogP contribution in [0.5, 0.6) is 11.6 Å². The van der Waals surface area contributed by atoms with Crippen LogP contribution in [0.3, 0.4) is 0 Å². The topological polar surface area (TPSA) is 95.1 Å². The van der Waals surface area contributed by atoms with Gasteiger partial charge in [0.1, 0.15) is 11.3 Å². The normalized spacial score (nSPS) is 11.1. The Bertz CT molecular complexity index is 1270. The summed E-state index contributed by atoms with van der Waals surface area (Å²) in [6.07, 6.45) is 1.40. The molecule has 2 aromatic carbocycles. The number of carbonyl (C=O) groups excluding carboxylic acids is 1. The van der Waals surface area contributed by atoms with Crippen molar-refractivity contribution in [3.8, 4) is 17.3 Å². The Morgan fingerprint density at radius 3 is 2.52 bits per heavy atom. The lowest BCUT2D eigenvalue weighted by Crippen LogP contribution is -2.19. The molecule has 8 nitrogen and oxygen atoms in total. The molecular weight excluding hydrogens is 374 g/mol. The van der Waals surface area contributed by atoms with E-state index in [4.69, 9.17) is 9.47 Å². The average molecular weight is 393 g/mol. The number of fused-ring (bicyclic) bond motifs is 3. The van der Waals surface area contributed by atoms with Crippen LogP contribution in [0.25, 0.3) is 22.2 Å². The second-order valence-electron chi connectivity index (χ2n) is 6.27. The Labute approximate surface area is 165 Å². The summed E-state index contributed by atoms with van der Waals surface area (Å²) in [6, 6.07) is 11.6. The number of hydrogen-bond acceptors (Lipinski definition) is 6. The molecule has 2 heterocycles. The van der Waals surface area contributed by atoms with Crippen LogP contribution in [-0.2, 0) is 4.74 Å². The molecule has 1 N–H and O–H groups in total. The molecular formula is C21H19N3O5. The SMILES string of the molecule is CCOC(=O)c1ccc2c(c1)ncc1c(O)n(-c3ccc(OCC)cc3)c(=O)n12. The van der Waals surface area contributed by atoms with Crippen molar-refractivity contribution in [1.29, 1.82) is 0 Å². The van der Waals surface area contributed by atoms with Crippen LogP contribution in [0.15, 0.2) is 53.5 Å². The number of nitrogens with zero attached hydrogens (tertiary/aromatic N) is 3. The number of esters is 1. The molecule has 29 heavy (non-hydrogen) atoms. The van der Waals surface area contributed by atoms with Gasteiger partial charge in [0, 0.05) is 0 Å². The van der Waals surface area contributed by atoms with Gasteiger partial charge in [-0.3, -0.25) is 9.38 Å². The summed E-state index contributed by atoms with van der Waals surface area (Å²) in [5, 5.41) is 10.7. The summed E-state index contributed by atoms with van der Waals surface area (Å²) < 4.78 is 13.0. The van der Waals surface area contributed by atoms with Crippen molar-refractivity contribution >= 4 is 22.5 Å². The van der Waals surface area contributed by atoms with E-state index in [1.54, 1.807) is 49.4 Å². The van der Waals surface area contributed by atoms with Crippen LogP contribution >= 0.6 is 0 Å². The zero-order valence-electron chi connectivity index (χ0n) is 16.0. The fourth-order valence-corrected chi connectivity index (χ4v) is 3.24. The van der Waals surface area contributed by atoms with Crippen molar-refractivity contribution < 1.29 is 19.4 Å². The molecule has 2 aromatic heterocycles. The predicted octanol–water partition coefficient (Wildman–Crippen LogP) is 2.92. The van der Waals surface area contributed by atoms with Crippen molar-refractivity contribution in [2.75, 3.05) is 13.2 Å². The highest BCUT2D eigenvalue weighted by Crippen LogP contribution is 2.25. The van der Waals surface area contributed by atoms with Crippen molar-refractivity contribution in [3.05, 3.63) is 64.7 Å². The third-order valence-corrected chi connectivity index (χ3v) is 4.52. The third-order valence-electron chi connectivity index (χ3n) is 4.52. The fourth-order valence-electron chi connectivity index (χ4n) is 3.24. The van der Waals surface area contributed by atoms with Crippen molar-refractivity contribution in [3.63, 3.8) is 0 Å². The molecule has 0 radical (unpaired) electrons. The number of ether oxygens (including phenoxy) is 2. The number of carbonyl (C=O) groups is 1. The maximum Gasteiger partial charge on any atom is 0.340 e. The molecule has 0 unspecified atom stereocenters. The number of rotatable bonds is 5. The second kappa shape index (κ2) is 7.31. The van der Waals surface area contributed by atoms with E-state index in [2.05, 4.69) is 4.98 Å². The summed E-state index contributed by atoms with van der Waals surface area (Å²) in [5.74, 6) is -0.00681. The van der Waals surface area contributed by atoms with E-state index in [-0.39, 0.29) is 18.0 Å². The summed E-state index contributed by atoms with van der Waals surface area (Å²) in [5.41, 5.74) is 1.57. The minimum absolute atomic E-state index is 0.219. The quantitative estimate of drug-likeness (QED) is 0.524. The number of benzene rings is 2. The smallest absolute Gasteiger partial charge is 0.340 e. The van der Waals surface area contributed by atoms with Gasteiger partial charge in [-0.15, -0.1) is 0 Å². The van der Waals surface area contributed by atoms with Gasteiger partial charge >= 0.3 is 11.7 Å². The summed E-state index contributed by atoms with van der Waals surface area (Å²) in [7, 11) is 0. The van der Waals surface area contributed by atoms with E-state index in [9.17, 15) is 14.7 Å². The first-order valence-electron chi connectivity index (χ1n) is 9.20. The predicted molar refractivity (Wildman–Crippen MR) is 107 cm³/mol. The second-order valence-corrected chi connectivity index (χ2v) is 6.27. The number of aromatic hydroxyl groups is 1. The zero-order valence-corrected chi connectivity index (χ0v) is 16.0. The first kappa shape index (κ1) is 18.5. The number of aromatic nitrogens is 3. The monoisotopic (exact) mass is 393 g/mol. The molecule has 0 atom stereocenters. The van der Waals surface area contributed by atoms with Gasteiger partial charge in [0.2, 0.25) is 5.88 Å². The van der Waals surface area contributed by atoms with Crippen LogP contribution in [0.2, 0.25) is 0 Å². The molecule has 0 aliphatic rings. The van der Waals surface area contributed by atoms with Gasteiger partial charge in [0.15, 0.2) is 0 Å². The standard InChI is InChI=1S/C21H19N3O5/c1-3-28-15-8-6-14(7-9-15)23-19(25)18-12-22-16-11-13(20(26)29-4-2)5-10-17(16)24(18)21(23)27/h5-12,25H,3-4H2,1-2H3. The van der Waals surface area contributed by atoms with Crippen LogP contribution in [0, 0.1) is 0 Å². The van der Waals surface area contributed by atoms with Gasteiger partial charge in [-0.25, -0.2) is 14.2 Å². The molecule has 0 saturated heterocycles. The molecule has 4 rings (SSSR count). The van der Waals surface area contributed by atoms with E-state index in [1.807, 2.05) is 6.92 Å². The lowest BCUT2D eigenvalue weighted by Gasteiger charge is -2.05. The summed E-state index contributed by atoms with van der Waals surface area (Å²) in [6.45, 7) is 4.41. The molecule has 8 heteroatoms. The molecule has 4 aromatic rings. The Morgan fingerprint density at radius 2 is 1.83 bits per heavy atom. The Kier molecular flexibility index (Phi) is 4.67. The molecule has 0 spiro atoms. The van der Waals surface area contributed by atoms with Gasteiger partial charge in [0.05, 0.1) is 41.7 Å². The van der Waals surface area contributed by atoms with Gasteiger partial charge < -0.3 is 14.6 Å². The van der Waals surface area contributed by atoms with Crippen molar-refractivity contribution in [1.82, 2.24) is 14.0 Å². The van der Waals surface area contributed by atoms with E-state index >= 15 is 0 Å². The van der Waals surface area contributed by atoms with Crippen LogP contribution in [0.1, 0.15) is 24.2 Å². The van der Waals surface area contributed by atoms with Crippen molar-refractivity contribution in [2.45, 2.75) is 13.8 Å². The zero-order chi connectivity index (χ0) is 20.5. The maximum atomic E-state index is 13.1. The first-order chi connectivity index (χ1) is 14.0. The minimum atomic E-state index is -0.460. The molecule has 148 valence electrons. The molecule has 0 aliphatic heterocycles. The third kappa shape index (κ3) is 3.08. The van der Waals surface area contributed by atoms with Crippen LogP contribution in [0.4, 0.5) is 0 Å². The highest BCUT2D eigenvalue weighted by atomic mass is 16.5. The van der Waals surface area contributed by atoms with E-state index in [0.29, 0.717) is 34.6 Å². The molecule has 0 amide bonds. The van der Waals surface area contributed by atoms with Crippen molar-refractivity contribution in [2.24, 2.45) is 0 Å². The van der Waals surface area contributed by atoms with Crippen LogP contribution < -0.4 is 10.4 Å². The molecule has 0 aliphatic carbocycles. The Balaban J connectivity index is 1.89. The van der Waals surface area contributed by atoms with Gasteiger partial charge in [-0.05, 0) is 56.3 Å². The molecule has 0 saturated carbocycles. The average Bonchev–Trinajstić information content (AvgIpc) is 2.99. The van der Waals surface area contributed by atoms with Crippen LogP contribution in [-0.4, -0.2) is 38.2 Å². The van der Waals surface area contributed by atoms with Gasteiger partial charge in [-0.2, -0.15) is 0 Å². The van der Waals surface area contributed by atoms with Gasteiger partial charge in [-0.1, -0.05) is 0 Å². The summed E-state index contributed by atoms with van der Waals surface area (Å²) >= 11 is 0. The maximum absolute atomic E-state index is 13.1. The molecule has 0 fully saturated rings. The number of hydrogen-bond donors (Lipinski definition) is 1. The van der Waals surface area contributed by atoms with E-state index < -0.39 is 11.7 Å². The Morgan fingerprint density at radius 1 is 1.07 bits per heavy atom. The van der Waals surface area contributed by atoms with Gasteiger partial charge in [0.25, 0.3) is 0 Å². The lowest BCUT2D eigenvalue weighted by atomic mass is 10.2. The summed E-state index contributed by atoms with van der Waals surface area (Å²) in [4.78, 5) is 29.4. The van der Waals surface area contributed by atoms with E-state index in [0.717, 1.165) is 0 Å². The minimum Gasteiger partial charge on any atom is -0.494 e. The largest absolute Gasteiger partial charge is 0.494 e. The highest BCUT2D eigenvalue weighted by Gasteiger charge is 2.18. The number of imidazole rings is 1.